The maximum Gasteiger partial charge on any atom is 0.335 e. The molecule has 0 bridgehead atoms. The Balaban J connectivity index is 0.000000433. The average Bonchev–Trinajstić information content (AvgIpc) is 2.52. The first-order chi connectivity index (χ1) is 10.6. The number of carbonyl (C=O) groups excluding carboxylic acids is 1. The van der Waals surface area contributed by atoms with Gasteiger partial charge in [0.25, 0.3) is 0 Å². The van der Waals surface area contributed by atoms with Crippen molar-refractivity contribution in [2.24, 2.45) is 0 Å². The fourth-order valence-corrected chi connectivity index (χ4v) is 1.23. The van der Waals surface area contributed by atoms with Gasteiger partial charge in [0.05, 0.1) is 4.92 Å². The summed E-state index contributed by atoms with van der Waals surface area (Å²) in [7, 11) is 0. The first-order valence-corrected chi connectivity index (χ1v) is 5.96. The summed E-state index contributed by atoms with van der Waals surface area (Å²) in [5.74, 6) is -2.06. The quantitative estimate of drug-likeness (QED) is 0.192. The van der Waals surface area contributed by atoms with Crippen molar-refractivity contribution in [2.75, 3.05) is 0 Å². The second-order valence-corrected chi connectivity index (χ2v) is 4.14. The molecule has 0 radical (unpaired) electrons. The molecule has 0 aliphatic rings. The standard InChI is InChI=1S/C6H5NO3.C6H10O7/c8-6-4-2-1-3-5(6)7(9)10;7-1-2(8)3(9)4(10)5(11)6(12)13/h1-4,8H;1-5,8-11H,(H,12,13). The van der Waals surface area contributed by atoms with Crippen LogP contribution in [0.25, 0.3) is 0 Å². The van der Waals surface area contributed by atoms with Crippen LogP contribution in [-0.4, -0.2) is 72.2 Å². The SMILES string of the molecule is O=CC(O)C(O)C(O)C(O)C(=O)O.O=[N+]([O-])c1ccccc1O. The molecule has 0 aliphatic carbocycles. The topological polar surface area (TPSA) is 199 Å². The van der Waals surface area contributed by atoms with Crippen molar-refractivity contribution >= 4 is 17.9 Å². The van der Waals surface area contributed by atoms with E-state index in [1.165, 1.54) is 24.3 Å². The summed E-state index contributed by atoms with van der Waals surface area (Å²) in [5, 5.41) is 62.1. The zero-order valence-electron chi connectivity index (χ0n) is 11.5. The van der Waals surface area contributed by atoms with Gasteiger partial charge in [0, 0.05) is 6.07 Å². The number of hydrogen-bond donors (Lipinski definition) is 6. The number of rotatable bonds is 6. The number of carboxylic acids is 1. The molecule has 0 aliphatic heterocycles. The zero-order chi connectivity index (χ0) is 18.2. The number of benzene rings is 1. The number of carbonyl (C=O) groups is 2. The Kier molecular flexibility index (Phi) is 8.36. The molecule has 0 aromatic heterocycles. The van der Waals surface area contributed by atoms with Crippen LogP contribution in [0.15, 0.2) is 24.3 Å². The van der Waals surface area contributed by atoms with Crippen molar-refractivity contribution in [1.29, 1.82) is 0 Å². The predicted octanol–water partition coefficient (Wildman–Crippen LogP) is -1.99. The molecule has 0 saturated carbocycles. The van der Waals surface area contributed by atoms with E-state index in [1.54, 1.807) is 0 Å². The lowest BCUT2D eigenvalue weighted by Gasteiger charge is -2.21. The number of phenols is 1. The third-order valence-corrected chi connectivity index (χ3v) is 2.49. The smallest absolute Gasteiger partial charge is 0.335 e. The van der Waals surface area contributed by atoms with E-state index >= 15 is 0 Å². The van der Waals surface area contributed by atoms with Gasteiger partial charge in [-0.15, -0.1) is 0 Å². The van der Waals surface area contributed by atoms with Crippen LogP contribution in [0.1, 0.15) is 0 Å². The van der Waals surface area contributed by atoms with Crippen LogP contribution in [0.3, 0.4) is 0 Å². The first-order valence-electron chi connectivity index (χ1n) is 5.96. The molecule has 0 heterocycles. The molecule has 0 spiro atoms. The number of nitro benzene ring substituents is 1. The maximum atomic E-state index is 10.1. The number of hydrogen-bond acceptors (Lipinski definition) is 9. The monoisotopic (exact) mass is 333 g/mol. The zero-order valence-corrected chi connectivity index (χ0v) is 11.5. The maximum absolute atomic E-state index is 10.1. The van der Waals surface area contributed by atoms with Gasteiger partial charge in [-0.2, -0.15) is 0 Å². The van der Waals surface area contributed by atoms with E-state index in [-0.39, 0.29) is 17.7 Å². The van der Waals surface area contributed by atoms with E-state index in [9.17, 15) is 19.7 Å². The summed E-state index contributed by atoms with van der Waals surface area (Å²) in [5.41, 5.74) is -0.262. The fraction of sp³-hybridized carbons (Fsp3) is 0.333. The van der Waals surface area contributed by atoms with Crippen molar-refractivity contribution in [3.63, 3.8) is 0 Å². The Labute approximate surface area is 128 Å². The van der Waals surface area contributed by atoms with Gasteiger partial charge < -0.3 is 35.4 Å². The van der Waals surface area contributed by atoms with Crippen molar-refractivity contribution in [3.8, 4) is 5.75 Å². The average molecular weight is 333 g/mol. The Hall–Kier alpha value is -2.60. The minimum absolute atomic E-state index is 0.0809. The number of aliphatic hydroxyl groups is 4. The van der Waals surface area contributed by atoms with Crippen LogP contribution < -0.4 is 0 Å². The molecule has 1 aromatic rings. The second kappa shape index (κ2) is 9.42. The first kappa shape index (κ1) is 20.4. The number of aliphatic hydroxyl groups excluding tert-OH is 4. The molecule has 11 heteroatoms. The number of para-hydroxylation sites is 2. The summed E-state index contributed by atoms with van der Waals surface area (Å²) in [6.07, 6.45) is -8.39. The Morgan fingerprint density at radius 3 is 2.00 bits per heavy atom. The van der Waals surface area contributed by atoms with E-state index in [1.807, 2.05) is 0 Å². The minimum Gasteiger partial charge on any atom is -0.502 e. The van der Waals surface area contributed by atoms with Gasteiger partial charge >= 0.3 is 11.7 Å². The summed E-state index contributed by atoms with van der Waals surface area (Å²) in [4.78, 5) is 29.4. The number of phenolic OH excluding ortho intramolecular Hbond substituents is 1. The van der Waals surface area contributed by atoms with Gasteiger partial charge in [-0.1, -0.05) is 12.1 Å². The van der Waals surface area contributed by atoms with Crippen molar-refractivity contribution in [3.05, 3.63) is 34.4 Å². The lowest BCUT2D eigenvalue weighted by molar-refractivity contribution is -0.385. The molecule has 128 valence electrons. The number of aliphatic carboxylic acids is 1. The van der Waals surface area contributed by atoms with E-state index in [2.05, 4.69) is 0 Å². The van der Waals surface area contributed by atoms with Crippen molar-refractivity contribution in [1.82, 2.24) is 0 Å². The van der Waals surface area contributed by atoms with Crippen LogP contribution in [0.4, 0.5) is 5.69 Å². The summed E-state index contributed by atoms with van der Waals surface area (Å²) >= 11 is 0. The number of aldehydes is 1. The van der Waals surface area contributed by atoms with Gasteiger partial charge in [0.2, 0.25) is 0 Å². The molecule has 1 rings (SSSR count). The highest BCUT2D eigenvalue weighted by Gasteiger charge is 2.34. The molecular formula is C12H15NO10. The van der Waals surface area contributed by atoms with Crippen LogP contribution in [-0.2, 0) is 9.59 Å². The molecule has 23 heavy (non-hydrogen) atoms. The van der Waals surface area contributed by atoms with Gasteiger partial charge in [-0.25, -0.2) is 4.79 Å². The van der Waals surface area contributed by atoms with Gasteiger partial charge in [0.1, 0.15) is 18.3 Å². The van der Waals surface area contributed by atoms with Crippen LogP contribution >= 0.6 is 0 Å². The van der Waals surface area contributed by atoms with Crippen LogP contribution in [0, 0.1) is 10.1 Å². The number of aromatic hydroxyl groups is 1. The van der Waals surface area contributed by atoms with Gasteiger partial charge in [0.15, 0.2) is 18.1 Å². The summed E-state index contributed by atoms with van der Waals surface area (Å²) in [6, 6.07) is 5.55. The van der Waals surface area contributed by atoms with E-state index in [4.69, 9.17) is 30.6 Å². The van der Waals surface area contributed by atoms with E-state index < -0.39 is 35.3 Å². The molecule has 11 nitrogen and oxygen atoms in total. The van der Waals surface area contributed by atoms with Crippen LogP contribution in [0.5, 0.6) is 5.75 Å². The normalized spacial score (nSPS) is 15.3. The number of carboxylic acid groups (broad SMARTS) is 1. The third kappa shape index (κ3) is 6.36. The molecule has 0 amide bonds. The van der Waals surface area contributed by atoms with Crippen molar-refractivity contribution in [2.45, 2.75) is 24.4 Å². The highest BCUT2D eigenvalue weighted by molar-refractivity contribution is 5.73. The fourth-order valence-electron chi connectivity index (χ4n) is 1.23. The number of nitro groups is 1. The molecule has 6 N–H and O–H groups in total. The number of nitrogens with zero attached hydrogens (tertiary/aromatic N) is 1. The third-order valence-electron chi connectivity index (χ3n) is 2.49. The second-order valence-electron chi connectivity index (χ2n) is 4.14. The highest BCUT2D eigenvalue weighted by atomic mass is 16.6. The van der Waals surface area contributed by atoms with Crippen molar-refractivity contribution < 1.29 is 45.2 Å². The molecule has 4 unspecified atom stereocenters. The highest BCUT2D eigenvalue weighted by Crippen LogP contribution is 2.23. The molecular weight excluding hydrogens is 318 g/mol. The largest absolute Gasteiger partial charge is 0.502 e. The molecule has 0 saturated heterocycles. The summed E-state index contributed by atoms with van der Waals surface area (Å²) < 4.78 is 0. The molecule has 4 atom stereocenters. The Morgan fingerprint density at radius 2 is 1.65 bits per heavy atom. The van der Waals surface area contributed by atoms with E-state index in [0.717, 1.165) is 0 Å². The Bertz CT molecular complexity index is 548. The van der Waals surface area contributed by atoms with Gasteiger partial charge in [-0.05, 0) is 6.07 Å². The lowest BCUT2D eigenvalue weighted by atomic mass is 10.0. The minimum atomic E-state index is -2.25. The summed E-state index contributed by atoms with van der Waals surface area (Å²) in [6.45, 7) is 0. The Morgan fingerprint density at radius 1 is 1.13 bits per heavy atom. The lowest BCUT2D eigenvalue weighted by Crippen LogP contribution is -2.48. The molecule has 0 fully saturated rings. The molecule has 1 aromatic carbocycles. The van der Waals surface area contributed by atoms with Gasteiger partial charge in [-0.3, -0.25) is 10.1 Å². The van der Waals surface area contributed by atoms with Crippen LogP contribution in [0.2, 0.25) is 0 Å². The van der Waals surface area contributed by atoms with E-state index in [0.29, 0.717) is 0 Å². The predicted molar refractivity (Wildman–Crippen MR) is 72.5 cm³/mol.